The summed E-state index contributed by atoms with van der Waals surface area (Å²) >= 11 is 1.21. The molecular formula is C4H5ClN2O2S2. The summed E-state index contributed by atoms with van der Waals surface area (Å²) in [6.45, 7) is 0. The minimum Gasteiger partial charge on any atom is -0.251 e. The molecule has 0 radical (unpaired) electrons. The highest BCUT2D eigenvalue weighted by molar-refractivity contribution is 8.14. The van der Waals surface area contributed by atoms with E-state index in [1.165, 1.54) is 30.1 Å². The van der Waals surface area contributed by atoms with E-state index in [9.17, 15) is 8.42 Å². The van der Waals surface area contributed by atoms with Crippen LogP contribution >= 0.6 is 22.0 Å². The van der Waals surface area contributed by atoms with Gasteiger partial charge in [0.2, 0.25) is 0 Å². The molecule has 0 atom stereocenters. The van der Waals surface area contributed by atoms with E-state index in [0.717, 1.165) is 4.31 Å². The Morgan fingerprint density at radius 3 is 2.73 bits per heavy atom. The van der Waals surface area contributed by atoms with Crippen LogP contribution in [0.5, 0.6) is 0 Å². The van der Waals surface area contributed by atoms with E-state index in [0.29, 0.717) is 5.00 Å². The smallest absolute Gasteiger partial charge is 0.251 e. The molecule has 0 aliphatic rings. The Balaban J connectivity index is 2.97. The molecule has 0 amide bonds. The number of aromatic nitrogens is 1. The Labute approximate surface area is 73.0 Å². The number of hydrogen-bond donors (Lipinski definition) is 0. The molecular weight excluding hydrogens is 208 g/mol. The number of anilines is 1. The molecule has 0 aliphatic heterocycles. The molecule has 1 aromatic heterocycles. The van der Waals surface area contributed by atoms with Crippen molar-refractivity contribution in [3.05, 3.63) is 11.7 Å². The van der Waals surface area contributed by atoms with Gasteiger partial charge in [-0.2, -0.15) is 8.42 Å². The van der Waals surface area contributed by atoms with Crippen molar-refractivity contribution < 1.29 is 8.42 Å². The van der Waals surface area contributed by atoms with Gasteiger partial charge in [0.25, 0.3) is 0 Å². The third-order valence-electron chi connectivity index (χ3n) is 1.06. The molecule has 0 aromatic carbocycles. The first-order valence-corrected chi connectivity index (χ1v) is 5.73. The van der Waals surface area contributed by atoms with Gasteiger partial charge in [-0.05, 0) is 0 Å². The van der Waals surface area contributed by atoms with E-state index in [1.54, 1.807) is 0 Å². The minimum atomic E-state index is -3.65. The van der Waals surface area contributed by atoms with Crippen LogP contribution in [0.1, 0.15) is 0 Å². The van der Waals surface area contributed by atoms with E-state index in [1.807, 2.05) is 0 Å². The summed E-state index contributed by atoms with van der Waals surface area (Å²) in [7, 11) is 2.77. The van der Waals surface area contributed by atoms with Gasteiger partial charge in [-0.15, -0.1) is 11.3 Å². The molecule has 0 spiro atoms. The topological polar surface area (TPSA) is 50.3 Å². The van der Waals surface area contributed by atoms with Crippen LogP contribution in [-0.2, 0) is 9.24 Å². The normalized spacial score (nSPS) is 11.5. The van der Waals surface area contributed by atoms with E-state index >= 15 is 0 Å². The van der Waals surface area contributed by atoms with Gasteiger partial charge in [0, 0.05) is 17.7 Å². The van der Waals surface area contributed by atoms with Crippen LogP contribution in [0.3, 0.4) is 0 Å². The molecule has 62 valence electrons. The molecule has 1 aromatic rings. The summed E-state index contributed by atoms with van der Waals surface area (Å²) in [5.74, 6) is 0. The van der Waals surface area contributed by atoms with Gasteiger partial charge in [0.15, 0.2) is 0 Å². The molecule has 0 bridgehead atoms. The van der Waals surface area contributed by atoms with E-state index < -0.39 is 9.24 Å². The lowest BCUT2D eigenvalue weighted by Crippen LogP contribution is -2.19. The zero-order chi connectivity index (χ0) is 8.48. The first-order valence-electron chi connectivity index (χ1n) is 2.59. The summed E-state index contributed by atoms with van der Waals surface area (Å²) in [5, 5.41) is 0.500. The predicted octanol–water partition coefficient (Wildman–Crippen LogP) is 1.06. The predicted molar refractivity (Wildman–Crippen MR) is 45.3 cm³/mol. The summed E-state index contributed by atoms with van der Waals surface area (Å²) in [5.41, 5.74) is 1.54. The molecule has 0 N–H and O–H groups in total. The molecule has 7 heteroatoms. The maximum Gasteiger partial charge on any atom is 0.322 e. The fraction of sp³-hybridized carbons (Fsp3) is 0.250. The minimum absolute atomic E-state index is 0.500. The molecule has 0 fully saturated rings. The molecule has 0 saturated carbocycles. The highest BCUT2D eigenvalue weighted by Gasteiger charge is 2.14. The molecule has 0 unspecified atom stereocenters. The van der Waals surface area contributed by atoms with Gasteiger partial charge >= 0.3 is 9.24 Å². The van der Waals surface area contributed by atoms with Crippen molar-refractivity contribution in [2.24, 2.45) is 0 Å². The monoisotopic (exact) mass is 212 g/mol. The lowest BCUT2D eigenvalue weighted by Gasteiger charge is -2.09. The Hall–Kier alpha value is -0.330. The Morgan fingerprint density at radius 2 is 2.36 bits per heavy atom. The van der Waals surface area contributed by atoms with Crippen molar-refractivity contribution in [3.63, 3.8) is 0 Å². The molecule has 1 rings (SSSR count). The SMILES string of the molecule is CN(c1cncs1)S(=O)(=O)Cl. The average molecular weight is 213 g/mol. The van der Waals surface area contributed by atoms with Crippen molar-refractivity contribution in [1.29, 1.82) is 0 Å². The fourth-order valence-corrected chi connectivity index (χ4v) is 2.00. The van der Waals surface area contributed by atoms with Crippen LogP contribution in [0.15, 0.2) is 11.7 Å². The zero-order valence-electron chi connectivity index (χ0n) is 5.56. The second kappa shape index (κ2) is 2.96. The maximum atomic E-state index is 10.7. The number of rotatable bonds is 2. The Kier molecular flexibility index (Phi) is 2.36. The van der Waals surface area contributed by atoms with Crippen molar-refractivity contribution in [1.82, 2.24) is 4.98 Å². The zero-order valence-corrected chi connectivity index (χ0v) is 7.95. The molecule has 1 heterocycles. The lowest BCUT2D eigenvalue weighted by molar-refractivity contribution is 0.608. The summed E-state index contributed by atoms with van der Waals surface area (Å²) in [6.07, 6.45) is 1.44. The third-order valence-corrected chi connectivity index (χ3v) is 3.49. The fourth-order valence-electron chi connectivity index (χ4n) is 0.472. The molecule has 11 heavy (non-hydrogen) atoms. The molecule has 0 aliphatic carbocycles. The van der Waals surface area contributed by atoms with Gasteiger partial charge in [-0.3, -0.25) is 4.98 Å². The number of halogens is 1. The van der Waals surface area contributed by atoms with Crippen molar-refractivity contribution in [2.75, 3.05) is 11.4 Å². The van der Waals surface area contributed by atoms with Gasteiger partial charge in [0.05, 0.1) is 11.7 Å². The quantitative estimate of drug-likeness (QED) is 0.689. The van der Waals surface area contributed by atoms with Gasteiger partial charge < -0.3 is 0 Å². The summed E-state index contributed by atoms with van der Waals surface area (Å²) in [6, 6.07) is 0. The third kappa shape index (κ3) is 2.05. The highest BCUT2D eigenvalue weighted by Crippen LogP contribution is 2.21. The van der Waals surface area contributed by atoms with Crippen LogP contribution in [-0.4, -0.2) is 20.4 Å². The van der Waals surface area contributed by atoms with Gasteiger partial charge in [-0.1, -0.05) is 0 Å². The highest BCUT2D eigenvalue weighted by atomic mass is 35.7. The summed E-state index contributed by atoms with van der Waals surface area (Å²) < 4.78 is 22.4. The van der Waals surface area contributed by atoms with Crippen LogP contribution in [0.25, 0.3) is 0 Å². The van der Waals surface area contributed by atoms with E-state index in [2.05, 4.69) is 4.98 Å². The maximum absolute atomic E-state index is 10.7. The summed E-state index contributed by atoms with van der Waals surface area (Å²) in [4.78, 5) is 3.71. The molecule has 0 saturated heterocycles. The van der Waals surface area contributed by atoms with Crippen LogP contribution in [0.2, 0.25) is 0 Å². The van der Waals surface area contributed by atoms with Crippen molar-refractivity contribution >= 4 is 36.3 Å². The van der Waals surface area contributed by atoms with Crippen molar-refractivity contribution in [2.45, 2.75) is 0 Å². The van der Waals surface area contributed by atoms with Crippen LogP contribution in [0, 0.1) is 0 Å². The Morgan fingerprint density at radius 1 is 1.73 bits per heavy atom. The molecule has 4 nitrogen and oxygen atoms in total. The standard InChI is InChI=1S/C4H5ClN2O2S2/c1-7(11(5,8)9)4-2-6-3-10-4/h2-3H,1H3. The van der Waals surface area contributed by atoms with Gasteiger partial charge in [0.1, 0.15) is 5.00 Å². The number of hydrogen-bond acceptors (Lipinski definition) is 4. The lowest BCUT2D eigenvalue weighted by atomic mass is 10.8. The van der Waals surface area contributed by atoms with Crippen LogP contribution in [0.4, 0.5) is 5.00 Å². The number of nitrogens with zero attached hydrogens (tertiary/aromatic N) is 2. The largest absolute Gasteiger partial charge is 0.322 e. The number of thiazole rings is 1. The first kappa shape index (κ1) is 8.76. The second-order valence-corrected chi connectivity index (χ2v) is 5.16. The average Bonchev–Trinajstić information content (AvgIpc) is 2.34. The van der Waals surface area contributed by atoms with Crippen LogP contribution < -0.4 is 4.31 Å². The van der Waals surface area contributed by atoms with E-state index in [4.69, 9.17) is 10.7 Å². The van der Waals surface area contributed by atoms with Gasteiger partial charge in [-0.25, -0.2) is 4.31 Å². The Bertz CT molecular complexity index is 320. The second-order valence-electron chi connectivity index (χ2n) is 1.75. The first-order chi connectivity index (χ1) is 5.02. The van der Waals surface area contributed by atoms with Crippen molar-refractivity contribution in [3.8, 4) is 0 Å². The van der Waals surface area contributed by atoms with E-state index in [-0.39, 0.29) is 0 Å².